The molecule has 0 radical (unpaired) electrons. The third-order valence-electron chi connectivity index (χ3n) is 3.55. The largest absolute Gasteiger partial charge is 0.493 e. The van der Waals surface area contributed by atoms with E-state index >= 15 is 0 Å². The third-order valence-corrected chi connectivity index (χ3v) is 5.08. The van der Waals surface area contributed by atoms with Crippen LogP contribution in [0, 0.1) is 0 Å². The summed E-state index contributed by atoms with van der Waals surface area (Å²) in [4.78, 5) is 1.13. The van der Waals surface area contributed by atoms with Gasteiger partial charge in [-0.2, -0.15) is 0 Å². The lowest BCUT2D eigenvalue weighted by Crippen LogP contribution is -1.95. The predicted molar refractivity (Wildman–Crippen MR) is 103 cm³/mol. The number of ether oxygens (including phenoxy) is 3. The Morgan fingerprint density at radius 2 is 1.62 bits per heavy atom. The van der Waals surface area contributed by atoms with Gasteiger partial charge in [0.25, 0.3) is 0 Å². The van der Waals surface area contributed by atoms with Gasteiger partial charge in [0, 0.05) is 14.9 Å². The molecule has 0 amide bonds. The second-order valence-corrected chi connectivity index (χ2v) is 7.12. The standard InChI is InChI=1S/C18H17BrN2O4S/c1-22-14-8-11(9-15(23-2)17(14)24-3)18-21-20-16(25-18)10-26-13-6-4-12(19)5-7-13/h4-9H,10H2,1-3H3. The van der Waals surface area contributed by atoms with Crippen molar-refractivity contribution in [3.05, 3.63) is 46.8 Å². The molecule has 136 valence electrons. The summed E-state index contributed by atoms with van der Waals surface area (Å²) in [6.07, 6.45) is 0. The summed E-state index contributed by atoms with van der Waals surface area (Å²) >= 11 is 5.05. The zero-order valence-electron chi connectivity index (χ0n) is 14.5. The van der Waals surface area contributed by atoms with E-state index in [9.17, 15) is 0 Å². The lowest BCUT2D eigenvalue weighted by molar-refractivity contribution is 0.324. The van der Waals surface area contributed by atoms with Gasteiger partial charge in [-0.1, -0.05) is 15.9 Å². The first-order valence-corrected chi connectivity index (χ1v) is 9.43. The van der Waals surface area contributed by atoms with E-state index in [0.29, 0.717) is 40.3 Å². The van der Waals surface area contributed by atoms with Crippen molar-refractivity contribution in [1.29, 1.82) is 0 Å². The molecule has 26 heavy (non-hydrogen) atoms. The van der Waals surface area contributed by atoms with Crippen molar-refractivity contribution < 1.29 is 18.6 Å². The molecule has 3 rings (SSSR count). The van der Waals surface area contributed by atoms with Gasteiger partial charge >= 0.3 is 0 Å². The number of hydrogen-bond donors (Lipinski definition) is 0. The summed E-state index contributed by atoms with van der Waals surface area (Å²) in [7, 11) is 4.69. The van der Waals surface area contributed by atoms with Gasteiger partial charge in [-0.15, -0.1) is 22.0 Å². The monoisotopic (exact) mass is 436 g/mol. The molecule has 1 heterocycles. The average Bonchev–Trinajstić information content (AvgIpc) is 3.15. The van der Waals surface area contributed by atoms with Gasteiger partial charge in [0.15, 0.2) is 11.5 Å². The van der Waals surface area contributed by atoms with Crippen molar-refractivity contribution >= 4 is 27.7 Å². The van der Waals surface area contributed by atoms with Crippen molar-refractivity contribution in [3.63, 3.8) is 0 Å². The van der Waals surface area contributed by atoms with Gasteiger partial charge in [0.05, 0.1) is 27.1 Å². The number of thioether (sulfide) groups is 1. The van der Waals surface area contributed by atoms with E-state index in [2.05, 4.69) is 26.1 Å². The van der Waals surface area contributed by atoms with E-state index in [1.165, 1.54) is 0 Å². The second-order valence-electron chi connectivity index (χ2n) is 5.16. The molecule has 1 aromatic heterocycles. The Hall–Kier alpha value is -2.19. The fraction of sp³-hybridized carbons (Fsp3) is 0.222. The van der Waals surface area contributed by atoms with Gasteiger partial charge < -0.3 is 18.6 Å². The van der Waals surface area contributed by atoms with Crippen LogP contribution in [0.4, 0.5) is 0 Å². The minimum Gasteiger partial charge on any atom is -0.493 e. The molecule has 8 heteroatoms. The van der Waals surface area contributed by atoms with Crippen LogP contribution in [0.5, 0.6) is 17.2 Å². The maximum atomic E-state index is 5.78. The molecule has 0 fully saturated rings. The molecular weight excluding hydrogens is 420 g/mol. The minimum atomic E-state index is 0.399. The highest BCUT2D eigenvalue weighted by Gasteiger charge is 2.17. The lowest BCUT2D eigenvalue weighted by Gasteiger charge is -2.12. The van der Waals surface area contributed by atoms with E-state index in [1.807, 2.05) is 24.3 Å². The Morgan fingerprint density at radius 1 is 0.962 bits per heavy atom. The van der Waals surface area contributed by atoms with Crippen molar-refractivity contribution in [2.24, 2.45) is 0 Å². The van der Waals surface area contributed by atoms with Crippen LogP contribution in [0.3, 0.4) is 0 Å². The van der Waals surface area contributed by atoms with E-state index < -0.39 is 0 Å². The summed E-state index contributed by atoms with van der Waals surface area (Å²) in [5.74, 6) is 3.11. The zero-order chi connectivity index (χ0) is 18.5. The number of rotatable bonds is 7. The molecule has 0 spiro atoms. The van der Waals surface area contributed by atoms with Crippen molar-refractivity contribution in [3.8, 4) is 28.7 Å². The summed E-state index contributed by atoms with van der Waals surface area (Å²) < 4.78 is 22.9. The Kier molecular flexibility index (Phi) is 6.05. The van der Waals surface area contributed by atoms with Gasteiger partial charge in [-0.3, -0.25) is 0 Å². The van der Waals surface area contributed by atoms with Crippen molar-refractivity contribution in [2.45, 2.75) is 10.6 Å². The van der Waals surface area contributed by atoms with Gasteiger partial charge in [-0.25, -0.2) is 0 Å². The number of halogens is 1. The Balaban J connectivity index is 1.79. The van der Waals surface area contributed by atoms with Crippen LogP contribution in [0.1, 0.15) is 5.89 Å². The van der Waals surface area contributed by atoms with Crippen molar-refractivity contribution in [1.82, 2.24) is 10.2 Å². The fourth-order valence-corrected chi connectivity index (χ4v) is 3.31. The molecule has 0 unspecified atom stereocenters. The zero-order valence-corrected chi connectivity index (χ0v) is 16.9. The van der Waals surface area contributed by atoms with Crippen molar-refractivity contribution in [2.75, 3.05) is 21.3 Å². The quantitative estimate of drug-likeness (QED) is 0.491. The SMILES string of the molecule is COc1cc(-c2nnc(CSc3ccc(Br)cc3)o2)cc(OC)c1OC. The Labute approximate surface area is 164 Å². The van der Waals surface area contributed by atoms with Gasteiger partial charge in [-0.05, 0) is 36.4 Å². The molecule has 6 nitrogen and oxygen atoms in total. The maximum Gasteiger partial charge on any atom is 0.248 e. The van der Waals surface area contributed by atoms with Gasteiger partial charge in [0.1, 0.15) is 0 Å². The maximum absolute atomic E-state index is 5.78. The molecular formula is C18H17BrN2O4S. The summed E-state index contributed by atoms with van der Waals surface area (Å²) in [6.45, 7) is 0. The highest BCUT2D eigenvalue weighted by molar-refractivity contribution is 9.10. The van der Waals surface area contributed by atoms with Crippen LogP contribution in [0.25, 0.3) is 11.5 Å². The van der Waals surface area contributed by atoms with Gasteiger partial charge in [0.2, 0.25) is 17.5 Å². The normalized spacial score (nSPS) is 10.6. The Bertz CT molecular complexity index is 858. The van der Waals surface area contributed by atoms with Crippen LogP contribution in [-0.4, -0.2) is 31.5 Å². The smallest absolute Gasteiger partial charge is 0.248 e. The molecule has 3 aromatic rings. The third kappa shape index (κ3) is 4.13. The molecule has 0 aliphatic carbocycles. The number of aromatic nitrogens is 2. The summed E-state index contributed by atoms with van der Waals surface area (Å²) in [5.41, 5.74) is 0.701. The highest BCUT2D eigenvalue weighted by atomic mass is 79.9. The number of hydrogen-bond acceptors (Lipinski definition) is 7. The highest BCUT2D eigenvalue weighted by Crippen LogP contribution is 2.41. The molecule has 0 aliphatic rings. The van der Waals surface area contributed by atoms with E-state index in [-0.39, 0.29) is 0 Å². The molecule has 0 bridgehead atoms. The summed E-state index contributed by atoms with van der Waals surface area (Å²) in [5, 5.41) is 8.25. The average molecular weight is 437 g/mol. The minimum absolute atomic E-state index is 0.399. The molecule has 0 saturated heterocycles. The fourth-order valence-electron chi connectivity index (χ4n) is 2.31. The summed E-state index contributed by atoms with van der Waals surface area (Å²) in [6, 6.07) is 11.6. The first kappa shape index (κ1) is 18.6. The molecule has 0 N–H and O–H groups in total. The lowest BCUT2D eigenvalue weighted by atomic mass is 10.2. The van der Waals surface area contributed by atoms with Crippen LogP contribution in [-0.2, 0) is 5.75 Å². The second kappa shape index (κ2) is 8.46. The number of benzene rings is 2. The predicted octanol–water partition coefficient (Wildman–Crippen LogP) is 4.82. The number of methoxy groups -OCH3 is 3. The molecule has 0 atom stereocenters. The number of nitrogens with zero attached hydrogens (tertiary/aromatic N) is 2. The molecule has 2 aromatic carbocycles. The van der Waals surface area contributed by atoms with E-state index in [4.69, 9.17) is 18.6 Å². The van der Waals surface area contributed by atoms with Crippen LogP contribution < -0.4 is 14.2 Å². The van der Waals surface area contributed by atoms with E-state index in [0.717, 1.165) is 9.37 Å². The van der Waals surface area contributed by atoms with E-state index in [1.54, 1.807) is 45.2 Å². The van der Waals surface area contributed by atoms with Crippen LogP contribution >= 0.6 is 27.7 Å². The molecule has 0 aliphatic heterocycles. The first-order chi connectivity index (χ1) is 12.6. The first-order valence-electron chi connectivity index (χ1n) is 7.65. The Morgan fingerprint density at radius 3 is 2.19 bits per heavy atom. The van der Waals surface area contributed by atoms with Crippen LogP contribution in [0.2, 0.25) is 0 Å². The molecule has 0 saturated carbocycles. The van der Waals surface area contributed by atoms with Crippen LogP contribution in [0.15, 0.2) is 50.2 Å². The topological polar surface area (TPSA) is 66.6 Å².